The Hall–Kier alpha value is -4.36. The summed E-state index contributed by atoms with van der Waals surface area (Å²) in [6.07, 6.45) is 1.05. The first kappa shape index (κ1) is 31.6. The molecule has 3 aromatic rings. The number of benzene rings is 2. The van der Waals surface area contributed by atoms with Crippen LogP contribution in [0.1, 0.15) is 43.0 Å². The molecule has 2 aromatic carbocycles. The van der Waals surface area contributed by atoms with E-state index in [1.54, 1.807) is 48.5 Å². The number of likely N-dealkylation sites (tertiary alicyclic amines) is 1. The van der Waals surface area contributed by atoms with Crippen molar-refractivity contribution in [3.05, 3.63) is 64.1 Å². The summed E-state index contributed by atoms with van der Waals surface area (Å²) in [6.45, 7) is 1.30. The molecule has 0 aliphatic carbocycles. The average Bonchev–Trinajstić information content (AvgIpc) is 3.34. The lowest BCUT2D eigenvalue weighted by Crippen LogP contribution is -2.56. The zero-order valence-electron chi connectivity index (χ0n) is 23.1. The highest BCUT2D eigenvalue weighted by Gasteiger charge is 2.35. The van der Waals surface area contributed by atoms with Crippen molar-refractivity contribution in [1.82, 2.24) is 35.7 Å². The third-order valence-corrected chi connectivity index (χ3v) is 7.63. The Morgan fingerprint density at radius 1 is 1.05 bits per heavy atom. The Balaban J connectivity index is 1.40. The van der Waals surface area contributed by atoms with Crippen LogP contribution in [-0.4, -0.2) is 84.4 Å². The third kappa shape index (κ3) is 7.73. The zero-order valence-corrected chi connectivity index (χ0v) is 24.6. The van der Waals surface area contributed by atoms with Gasteiger partial charge in [-0.05, 0) is 60.9 Å². The number of Topliss-reactive ketones (excluding diaryl/α,β-unsaturated/α-hetero) is 1. The second-order valence-electron chi connectivity index (χ2n) is 9.99. The fourth-order valence-electron chi connectivity index (χ4n) is 4.71. The molecule has 3 atom stereocenters. The number of carbonyl (C=O) groups excluding carboxylic acids is 4. The maximum atomic E-state index is 13.4. The topological polar surface area (TPSA) is 176 Å². The molecule has 1 aliphatic heterocycles. The molecule has 0 saturated carbocycles. The highest BCUT2D eigenvalue weighted by atomic mass is 35.5. The van der Waals surface area contributed by atoms with E-state index in [0.29, 0.717) is 30.4 Å². The van der Waals surface area contributed by atoms with Crippen LogP contribution in [0, 0.1) is 0 Å². The highest BCUT2D eigenvalue weighted by Crippen LogP contribution is 2.32. The van der Waals surface area contributed by atoms with Gasteiger partial charge in [-0.15, -0.1) is 5.10 Å². The smallest absolute Gasteiger partial charge is 0.326 e. The summed E-state index contributed by atoms with van der Waals surface area (Å²) in [7, 11) is 0. The van der Waals surface area contributed by atoms with Crippen LogP contribution in [0.15, 0.2) is 48.5 Å². The number of amides is 3. The zero-order chi connectivity index (χ0) is 31.1. The minimum absolute atomic E-state index is 0.113. The van der Waals surface area contributed by atoms with Gasteiger partial charge in [0.15, 0.2) is 11.6 Å². The van der Waals surface area contributed by atoms with Crippen LogP contribution in [0.25, 0.3) is 11.4 Å². The van der Waals surface area contributed by atoms with Crippen molar-refractivity contribution >= 4 is 52.7 Å². The largest absolute Gasteiger partial charge is 0.480 e. The normalized spacial score (nSPS) is 16.6. The molecule has 0 bridgehead atoms. The quantitative estimate of drug-likeness (QED) is 0.287. The molecule has 13 nitrogen and oxygen atoms in total. The Morgan fingerprint density at radius 3 is 2.42 bits per heavy atom. The molecule has 3 N–H and O–H groups in total. The summed E-state index contributed by atoms with van der Waals surface area (Å²) in [4.78, 5) is 65.4. The Morgan fingerprint density at radius 2 is 1.74 bits per heavy atom. The number of nitrogens with one attached hydrogen (secondary N) is 2. The molecule has 0 radical (unpaired) electrons. The summed E-state index contributed by atoms with van der Waals surface area (Å²) in [5.41, 5.74) is 0.704. The molecule has 2 unspecified atom stereocenters. The lowest BCUT2D eigenvalue weighted by Gasteiger charge is -2.30. The number of nitrogens with zero attached hydrogens (tertiary/aromatic N) is 5. The van der Waals surface area contributed by atoms with Gasteiger partial charge in [-0.3, -0.25) is 19.2 Å². The van der Waals surface area contributed by atoms with Gasteiger partial charge in [-0.1, -0.05) is 47.5 Å². The molecule has 4 rings (SSSR count). The van der Waals surface area contributed by atoms with E-state index in [-0.39, 0.29) is 22.4 Å². The fourth-order valence-corrected chi connectivity index (χ4v) is 5.28. The number of aliphatic carboxylic acids is 1. The summed E-state index contributed by atoms with van der Waals surface area (Å²) in [5.74, 6) is -3.53. The van der Waals surface area contributed by atoms with Gasteiger partial charge in [-0.25, -0.2) is 9.48 Å². The van der Waals surface area contributed by atoms with E-state index < -0.39 is 60.6 Å². The van der Waals surface area contributed by atoms with Crippen molar-refractivity contribution in [2.24, 2.45) is 0 Å². The second kappa shape index (κ2) is 14.2. The monoisotopic (exact) mass is 629 g/mol. The molecule has 226 valence electrons. The molecular formula is C28H29Cl2N7O6. The molecule has 1 saturated heterocycles. The molecule has 1 fully saturated rings. The summed E-state index contributed by atoms with van der Waals surface area (Å²) in [6, 6.07) is 9.75. The second-order valence-corrected chi connectivity index (χ2v) is 10.8. The van der Waals surface area contributed by atoms with Gasteiger partial charge in [0.2, 0.25) is 11.8 Å². The van der Waals surface area contributed by atoms with Crippen LogP contribution in [0.2, 0.25) is 10.0 Å². The lowest BCUT2D eigenvalue weighted by molar-refractivity contribution is -0.146. The predicted molar refractivity (Wildman–Crippen MR) is 155 cm³/mol. The summed E-state index contributed by atoms with van der Waals surface area (Å²) in [5, 5.41) is 26.6. The van der Waals surface area contributed by atoms with E-state index in [1.165, 1.54) is 11.8 Å². The number of tetrazole rings is 1. The third-order valence-electron chi connectivity index (χ3n) is 7.00. The number of ketones is 1. The molecule has 1 aliphatic rings. The van der Waals surface area contributed by atoms with Crippen LogP contribution in [0.5, 0.6) is 0 Å². The number of carbonyl (C=O) groups is 5. The molecule has 43 heavy (non-hydrogen) atoms. The predicted octanol–water partition coefficient (Wildman–Crippen LogP) is 2.38. The van der Waals surface area contributed by atoms with Crippen LogP contribution >= 0.6 is 23.2 Å². The van der Waals surface area contributed by atoms with Gasteiger partial charge in [0, 0.05) is 18.5 Å². The maximum Gasteiger partial charge on any atom is 0.326 e. The lowest BCUT2D eigenvalue weighted by atomic mass is 10.1. The average molecular weight is 630 g/mol. The van der Waals surface area contributed by atoms with E-state index in [9.17, 15) is 29.1 Å². The van der Waals surface area contributed by atoms with Gasteiger partial charge >= 0.3 is 5.97 Å². The van der Waals surface area contributed by atoms with Crippen LogP contribution < -0.4 is 10.6 Å². The van der Waals surface area contributed by atoms with E-state index in [1.807, 2.05) is 0 Å². The highest BCUT2D eigenvalue weighted by molar-refractivity contribution is 6.39. The number of carboxylic acid groups (broad SMARTS) is 1. The van der Waals surface area contributed by atoms with Gasteiger partial charge in [0.25, 0.3) is 5.91 Å². The summed E-state index contributed by atoms with van der Waals surface area (Å²) < 4.78 is 1.14. The van der Waals surface area contributed by atoms with Gasteiger partial charge in [0.1, 0.15) is 24.7 Å². The van der Waals surface area contributed by atoms with E-state index in [4.69, 9.17) is 23.2 Å². The van der Waals surface area contributed by atoms with Crippen molar-refractivity contribution in [3.8, 4) is 11.4 Å². The first-order chi connectivity index (χ1) is 20.6. The van der Waals surface area contributed by atoms with Gasteiger partial charge < -0.3 is 20.6 Å². The minimum Gasteiger partial charge on any atom is -0.480 e. The van der Waals surface area contributed by atoms with Crippen molar-refractivity contribution in [2.45, 2.75) is 57.3 Å². The van der Waals surface area contributed by atoms with E-state index in [2.05, 4.69) is 26.2 Å². The molecule has 15 heteroatoms. The number of carboxylic acids is 1. The molecule has 2 heterocycles. The Bertz CT molecular complexity index is 1500. The number of rotatable bonds is 11. The Labute approximate surface area is 256 Å². The number of hydrogen-bond donors (Lipinski definition) is 3. The molecule has 0 spiro atoms. The van der Waals surface area contributed by atoms with Gasteiger partial charge in [-0.2, -0.15) is 0 Å². The maximum absolute atomic E-state index is 13.4. The minimum atomic E-state index is -1.58. The van der Waals surface area contributed by atoms with Crippen LogP contribution in [0.3, 0.4) is 0 Å². The molecular weight excluding hydrogens is 601 g/mol. The fraction of sp³-hybridized carbons (Fsp3) is 0.357. The van der Waals surface area contributed by atoms with Gasteiger partial charge in [0.05, 0.1) is 15.6 Å². The van der Waals surface area contributed by atoms with E-state index in [0.717, 1.165) is 4.68 Å². The Kier molecular flexibility index (Phi) is 10.4. The van der Waals surface area contributed by atoms with Crippen molar-refractivity contribution in [3.63, 3.8) is 0 Å². The first-order valence-corrected chi connectivity index (χ1v) is 14.2. The van der Waals surface area contributed by atoms with Crippen LogP contribution in [0.4, 0.5) is 0 Å². The molecule has 3 amide bonds. The van der Waals surface area contributed by atoms with Crippen molar-refractivity contribution < 1.29 is 29.1 Å². The van der Waals surface area contributed by atoms with Crippen molar-refractivity contribution in [1.29, 1.82) is 0 Å². The SMILES string of the molecule is CC(C(=O)NC(CC(=O)Cn1nnnc1-c1c(Cl)cccc1Cl)C(=O)O)N1CCCC[C@H](NC(=O)c2ccccc2)C1=O. The first-order valence-electron chi connectivity index (χ1n) is 13.5. The molecule has 1 aromatic heterocycles. The van der Waals surface area contributed by atoms with Crippen LogP contribution in [-0.2, 0) is 25.7 Å². The number of hydrogen-bond acceptors (Lipinski definition) is 8. The number of halogens is 2. The number of aromatic nitrogens is 4. The standard InChI is InChI=1S/C28H29Cl2N7O6/c1-16(36-13-6-5-12-21(27(36)41)31-26(40)17-8-3-2-4-9-17)25(39)32-22(28(42)43)14-18(38)15-37-24(33-34-35-37)23-19(29)10-7-11-20(23)30/h2-4,7-11,16,21-22H,5-6,12-15H2,1H3,(H,31,40)(H,32,39)(H,42,43)/t16?,21-,22?/m0/s1. The summed E-state index contributed by atoms with van der Waals surface area (Å²) >= 11 is 12.5. The van der Waals surface area contributed by atoms with Crippen molar-refractivity contribution in [2.75, 3.05) is 6.54 Å². The van der Waals surface area contributed by atoms with E-state index >= 15 is 0 Å².